The van der Waals surface area contributed by atoms with Crippen molar-refractivity contribution in [1.29, 1.82) is 0 Å². The molecule has 1 aromatic carbocycles. The molecule has 0 amide bonds. The van der Waals surface area contributed by atoms with E-state index < -0.39 is 6.29 Å². The number of hydrogen-bond acceptors (Lipinski definition) is 5. The molecule has 1 aliphatic rings. The zero-order valence-corrected chi connectivity index (χ0v) is 11.4. The van der Waals surface area contributed by atoms with Crippen molar-refractivity contribution in [3.63, 3.8) is 0 Å². The highest BCUT2D eigenvalue weighted by molar-refractivity contribution is 5.56. The maximum Gasteiger partial charge on any atom is 0.586 e. The largest absolute Gasteiger partial charge is 0.586 e. The van der Waals surface area contributed by atoms with Crippen LogP contribution in [0.25, 0.3) is 0 Å². The van der Waals surface area contributed by atoms with E-state index in [0.717, 1.165) is 11.4 Å². The summed E-state index contributed by atoms with van der Waals surface area (Å²) < 4.78 is 34.7. The minimum Gasteiger partial charge on any atom is -0.395 e. The molecule has 2 heterocycles. The molecule has 0 radical (unpaired) electrons. The molecule has 0 saturated heterocycles. The molecule has 0 fully saturated rings. The lowest BCUT2D eigenvalue weighted by Gasteiger charge is -2.16. The van der Waals surface area contributed by atoms with Gasteiger partial charge in [-0.05, 0) is 26.0 Å². The number of ether oxygens (including phenoxy) is 2. The Balaban J connectivity index is 1.79. The Morgan fingerprint density at radius 1 is 1.14 bits per heavy atom. The van der Waals surface area contributed by atoms with Crippen LogP contribution in [0.1, 0.15) is 24.4 Å². The standard InChI is InChI=1S/C14H13F2N3O2/c1-8-13(18-6-5-17-8)9(2)19-10-3-4-11-12(7-10)21-14(15,16)20-11/h3-7,9,19H,1-2H3. The number of nitrogens with one attached hydrogen (secondary N) is 1. The molecule has 1 aliphatic heterocycles. The number of hydrogen-bond donors (Lipinski definition) is 1. The van der Waals surface area contributed by atoms with E-state index in [2.05, 4.69) is 24.8 Å². The molecular formula is C14H13F2N3O2. The average molecular weight is 293 g/mol. The molecule has 0 bridgehead atoms. The van der Waals surface area contributed by atoms with Gasteiger partial charge in [-0.25, -0.2) is 0 Å². The molecule has 0 spiro atoms. The minimum absolute atomic E-state index is 0.00747. The third-order valence-corrected chi connectivity index (χ3v) is 3.11. The van der Waals surface area contributed by atoms with Crippen molar-refractivity contribution in [2.24, 2.45) is 0 Å². The zero-order chi connectivity index (χ0) is 15.0. The molecule has 5 nitrogen and oxygen atoms in total. The monoisotopic (exact) mass is 293 g/mol. The Bertz CT molecular complexity index is 679. The van der Waals surface area contributed by atoms with Gasteiger partial charge >= 0.3 is 6.29 Å². The van der Waals surface area contributed by atoms with Crippen LogP contribution in [-0.4, -0.2) is 16.3 Å². The fourth-order valence-corrected chi connectivity index (χ4v) is 2.20. The maximum absolute atomic E-state index is 13.0. The van der Waals surface area contributed by atoms with E-state index in [0.29, 0.717) is 5.69 Å². The van der Waals surface area contributed by atoms with Crippen LogP contribution in [0.3, 0.4) is 0 Å². The van der Waals surface area contributed by atoms with E-state index in [9.17, 15) is 8.78 Å². The van der Waals surface area contributed by atoms with Gasteiger partial charge in [-0.2, -0.15) is 0 Å². The van der Waals surface area contributed by atoms with Gasteiger partial charge in [0.05, 0.1) is 17.4 Å². The van der Waals surface area contributed by atoms with Crippen molar-refractivity contribution in [1.82, 2.24) is 9.97 Å². The van der Waals surface area contributed by atoms with Gasteiger partial charge in [-0.1, -0.05) is 0 Å². The van der Waals surface area contributed by atoms with Gasteiger partial charge in [-0.15, -0.1) is 8.78 Å². The van der Waals surface area contributed by atoms with Gasteiger partial charge in [0.1, 0.15) is 0 Å². The predicted molar refractivity (Wildman–Crippen MR) is 71.5 cm³/mol. The van der Waals surface area contributed by atoms with E-state index >= 15 is 0 Å². The normalized spacial score (nSPS) is 16.6. The number of alkyl halides is 2. The van der Waals surface area contributed by atoms with Crippen molar-refractivity contribution in [2.45, 2.75) is 26.2 Å². The minimum atomic E-state index is -3.60. The number of anilines is 1. The highest BCUT2D eigenvalue weighted by Gasteiger charge is 2.43. The maximum atomic E-state index is 13.0. The van der Waals surface area contributed by atoms with E-state index in [4.69, 9.17) is 0 Å². The summed E-state index contributed by atoms with van der Waals surface area (Å²) in [6.07, 6.45) is -0.372. The molecule has 0 saturated carbocycles. The predicted octanol–water partition coefficient (Wildman–Crippen LogP) is 3.28. The van der Waals surface area contributed by atoms with Crippen LogP contribution < -0.4 is 14.8 Å². The molecule has 7 heteroatoms. The summed E-state index contributed by atoms with van der Waals surface area (Å²) in [5, 5.41) is 3.17. The Labute approximate surface area is 119 Å². The van der Waals surface area contributed by atoms with Crippen molar-refractivity contribution in [2.75, 3.05) is 5.32 Å². The fourth-order valence-electron chi connectivity index (χ4n) is 2.20. The van der Waals surface area contributed by atoms with Gasteiger partial charge in [0.15, 0.2) is 11.5 Å². The van der Waals surface area contributed by atoms with Crippen molar-refractivity contribution in [3.05, 3.63) is 42.0 Å². The van der Waals surface area contributed by atoms with Crippen LogP contribution in [0.2, 0.25) is 0 Å². The molecule has 0 aliphatic carbocycles. The number of aryl methyl sites for hydroxylation is 1. The van der Waals surface area contributed by atoms with Crippen LogP contribution >= 0.6 is 0 Å². The summed E-state index contributed by atoms with van der Waals surface area (Å²) in [4.78, 5) is 8.44. The van der Waals surface area contributed by atoms with Crippen LogP contribution in [0.4, 0.5) is 14.5 Å². The van der Waals surface area contributed by atoms with Gasteiger partial charge in [0.25, 0.3) is 0 Å². The number of halogens is 2. The van der Waals surface area contributed by atoms with E-state index in [1.807, 2.05) is 13.8 Å². The van der Waals surface area contributed by atoms with Crippen molar-refractivity contribution in [3.8, 4) is 11.5 Å². The summed E-state index contributed by atoms with van der Waals surface area (Å²) in [5.41, 5.74) is 2.23. The van der Waals surface area contributed by atoms with Crippen LogP contribution in [0, 0.1) is 6.92 Å². The number of aromatic nitrogens is 2. The first-order valence-electron chi connectivity index (χ1n) is 6.38. The smallest absolute Gasteiger partial charge is 0.395 e. The second kappa shape index (κ2) is 4.83. The highest BCUT2D eigenvalue weighted by atomic mass is 19.3. The highest BCUT2D eigenvalue weighted by Crippen LogP contribution is 2.42. The first kappa shape index (κ1) is 13.5. The zero-order valence-electron chi connectivity index (χ0n) is 11.4. The molecule has 2 aromatic rings. The van der Waals surface area contributed by atoms with Crippen molar-refractivity contribution >= 4 is 5.69 Å². The van der Waals surface area contributed by atoms with Gasteiger partial charge in [-0.3, -0.25) is 9.97 Å². The number of nitrogens with zero attached hydrogens (tertiary/aromatic N) is 2. The summed E-state index contributed by atoms with van der Waals surface area (Å²) in [7, 11) is 0. The third-order valence-electron chi connectivity index (χ3n) is 3.11. The lowest BCUT2D eigenvalue weighted by atomic mass is 10.1. The van der Waals surface area contributed by atoms with Gasteiger partial charge in [0, 0.05) is 24.1 Å². The molecule has 21 heavy (non-hydrogen) atoms. The van der Waals surface area contributed by atoms with E-state index in [-0.39, 0.29) is 17.5 Å². The van der Waals surface area contributed by atoms with E-state index in [1.165, 1.54) is 12.1 Å². The second-order valence-electron chi connectivity index (χ2n) is 4.72. The SMILES string of the molecule is Cc1nccnc1C(C)Nc1ccc2c(c1)OC(F)(F)O2. The van der Waals surface area contributed by atoms with Gasteiger partial charge < -0.3 is 14.8 Å². The van der Waals surface area contributed by atoms with E-state index in [1.54, 1.807) is 18.5 Å². The third kappa shape index (κ3) is 2.72. The lowest BCUT2D eigenvalue weighted by molar-refractivity contribution is -0.286. The number of rotatable bonds is 3. The summed E-state index contributed by atoms with van der Waals surface area (Å²) >= 11 is 0. The molecule has 1 aromatic heterocycles. The topological polar surface area (TPSA) is 56.3 Å². The summed E-state index contributed by atoms with van der Waals surface area (Å²) in [5.74, 6) is 0.0296. The van der Waals surface area contributed by atoms with Gasteiger partial charge in [0.2, 0.25) is 0 Å². The van der Waals surface area contributed by atoms with Crippen LogP contribution in [-0.2, 0) is 0 Å². The first-order valence-corrected chi connectivity index (χ1v) is 6.38. The molecule has 3 rings (SSSR count). The second-order valence-corrected chi connectivity index (χ2v) is 4.72. The van der Waals surface area contributed by atoms with Crippen molar-refractivity contribution < 1.29 is 18.3 Å². The molecule has 1 N–H and O–H groups in total. The Morgan fingerprint density at radius 3 is 2.62 bits per heavy atom. The quantitative estimate of drug-likeness (QED) is 0.941. The summed E-state index contributed by atoms with van der Waals surface area (Å²) in [6.45, 7) is 3.77. The Morgan fingerprint density at radius 2 is 1.86 bits per heavy atom. The summed E-state index contributed by atoms with van der Waals surface area (Å²) in [6, 6.07) is 4.43. The van der Waals surface area contributed by atoms with Crippen LogP contribution in [0.15, 0.2) is 30.6 Å². The Hall–Kier alpha value is -2.44. The number of fused-ring (bicyclic) bond motifs is 1. The average Bonchev–Trinajstić information content (AvgIpc) is 2.72. The first-order chi connectivity index (χ1) is 9.94. The fraction of sp³-hybridized carbons (Fsp3) is 0.286. The lowest BCUT2D eigenvalue weighted by Crippen LogP contribution is -2.25. The molecule has 1 atom stereocenters. The number of benzene rings is 1. The molecule has 110 valence electrons. The Kier molecular flexibility index (Phi) is 3.12. The molecule has 1 unspecified atom stereocenters. The molecular weight excluding hydrogens is 280 g/mol. The van der Waals surface area contributed by atoms with Crippen LogP contribution in [0.5, 0.6) is 11.5 Å².